The molecule has 2 fully saturated rings. The Morgan fingerprint density at radius 3 is 2.42 bits per heavy atom. The molecule has 1 aromatic carbocycles. The van der Waals surface area contributed by atoms with E-state index in [1.807, 2.05) is 25.6 Å². The van der Waals surface area contributed by atoms with E-state index in [2.05, 4.69) is 39.6 Å². The molecular weight excluding hydrogens is 493 g/mol. The lowest BCUT2D eigenvalue weighted by Crippen LogP contribution is -2.24. The number of amides is 1. The van der Waals surface area contributed by atoms with Gasteiger partial charge < -0.3 is 19.1 Å². The number of nitrogens with one attached hydrogen (secondary N) is 1. The van der Waals surface area contributed by atoms with Crippen LogP contribution in [0.1, 0.15) is 69.5 Å². The van der Waals surface area contributed by atoms with Crippen molar-refractivity contribution in [2.45, 2.75) is 74.6 Å². The number of anilines is 1. The molecule has 0 bridgehead atoms. The Hall–Kier alpha value is -1.57. The summed E-state index contributed by atoms with van der Waals surface area (Å²) in [5.41, 5.74) is 1.85. The number of ether oxygens (including phenoxy) is 1. The minimum Gasteiger partial charge on any atom is -0.381 e. The number of nitrogens with zero attached hydrogens (tertiary/aromatic N) is 2. The van der Waals surface area contributed by atoms with Gasteiger partial charge in [-0.1, -0.05) is 12.1 Å². The topological polar surface area (TPSA) is 82.6 Å². The van der Waals surface area contributed by atoms with Crippen molar-refractivity contribution in [3.05, 3.63) is 47.9 Å². The van der Waals surface area contributed by atoms with Crippen molar-refractivity contribution >= 4 is 31.9 Å². The minimum atomic E-state index is -1.02. The van der Waals surface area contributed by atoms with Crippen molar-refractivity contribution in [2.24, 2.45) is 5.92 Å². The quantitative estimate of drug-likeness (QED) is 0.277. The maximum atomic E-state index is 13.4. The highest BCUT2D eigenvalue weighted by Gasteiger charge is 2.25. The fraction of sp³-hybridized carbons (Fsp3) is 0.593. The Kier molecular flexibility index (Phi) is 11.0. The molecule has 1 aromatic heterocycles. The number of hydrogen-bond donors (Lipinski definition) is 1. The predicted molar refractivity (Wildman–Crippen MR) is 145 cm³/mol. The molecule has 2 heterocycles. The van der Waals surface area contributed by atoms with Crippen LogP contribution in [-0.4, -0.2) is 47.6 Å². The van der Waals surface area contributed by atoms with Gasteiger partial charge in [-0.05, 0) is 76.0 Å². The van der Waals surface area contributed by atoms with Crippen molar-refractivity contribution in [1.29, 1.82) is 0 Å². The van der Waals surface area contributed by atoms with Gasteiger partial charge in [0.05, 0.1) is 43.4 Å². The molecule has 9 heteroatoms. The van der Waals surface area contributed by atoms with Crippen LogP contribution in [0.15, 0.2) is 41.6 Å². The average Bonchev–Trinajstić information content (AvgIpc) is 3.71. The summed E-state index contributed by atoms with van der Waals surface area (Å²) in [5, 5.41) is 3.78. The molecule has 1 saturated carbocycles. The van der Waals surface area contributed by atoms with E-state index in [0.29, 0.717) is 31.1 Å². The lowest BCUT2D eigenvalue weighted by atomic mass is 9.87. The highest BCUT2D eigenvalue weighted by atomic mass is 32.2. The summed E-state index contributed by atoms with van der Waals surface area (Å²) in [5.74, 6) is 0.830. The van der Waals surface area contributed by atoms with Crippen molar-refractivity contribution < 1.29 is 18.6 Å². The van der Waals surface area contributed by atoms with Crippen LogP contribution in [0.3, 0.4) is 0 Å². The molecule has 7 nitrogen and oxygen atoms in total. The first-order valence-corrected chi connectivity index (χ1v) is 15.4. The van der Waals surface area contributed by atoms with Gasteiger partial charge in [0.15, 0.2) is 14.2 Å². The summed E-state index contributed by atoms with van der Waals surface area (Å²) in [6.07, 6.45) is 10.5. The summed E-state index contributed by atoms with van der Waals surface area (Å²) < 4.78 is 16.9. The Balaban J connectivity index is 1.40. The van der Waals surface area contributed by atoms with Crippen molar-refractivity contribution in [2.75, 3.05) is 31.7 Å². The molecule has 0 radical (unpaired) electrons. The molecule has 2 aliphatic rings. The monoisotopic (exact) mass is 531 g/mol. The number of benzene rings is 1. The molecule has 4 rings (SSSR count). The van der Waals surface area contributed by atoms with E-state index in [1.54, 1.807) is 12.4 Å². The van der Waals surface area contributed by atoms with Gasteiger partial charge in [0.2, 0.25) is 5.91 Å². The van der Waals surface area contributed by atoms with Gasteiger partial charge in [-0.15, -0.1) is 11.8 Å². The van der Waals surface area contributed by atoms with E-state index in [9.17, 15) is 4.79 Å². The van der Waals surface area contributed by atoms with E-state index in [1.165, 1.54) is 17.7 Å². The Morgan fingerprint density at radius 1 is 1.08 bits per heavy atom. The Bertz CT molecular complexity index is 931. The van der Waals surface area contributed by atoms with E-state index in [-0.39, 0.29) is 11.8 Å². The number of rotatable bonds is 14. The van der Waals surface area contributed by atoms with Crippen molar-refractivity contribution in [1.82, 2.24) is 9.97 Å². The highest BCUT2D eigenvalue weighted by Crippen LogP contribution is 2.41. The molecule has 196 valence electrons. The smallest absolute Gasteiger partial charge is 0.233 e. The summed E-state index contributed by atoms with van der Waals surface area (Å²) >= 11 is 1.94. The van der Waals surface area contributed by atoms with Gasteiger partial charge in [-0.3, -0.25) is 9.78 Å². The number of thioether (sulfide) groups is 1. The van der Waals surface area contributed by atoms with E-state index < -0.39 is 8.38 Å². The zero-order valence-electron chi connectivity index (χ0n) is 21.4. The standard InChI is InChI=1S/C27H38N3O4PS/c1-3-33-35(34-4-2)19-22-17-29-26(18-28-22)30-27(31)25(12-5-20-13-15-32-16-14-20)21-6-8-23(9-7-21)36-24-10-11-24/h6-9,17-18,20,24-25H,3-5,10-16,19H2,1-2H3,(H,29,30,31)/t25-/m1/s1. The van der Waals surface area contributed by atoms with Crippen molar-refractivity contribution in [3.8, 4) is 0 Å². The van der Waals surface area contributed by atoms with Crippen LogP contribution in [0.4, 0.5) is 5.82 Å². The third-order valence-electron chi connectivity index (χ3n) is 6.42. The second-order valence-electron chi connectivity index (χ2n) is 9.28. The molecule has 36 heavy (non-hydrogen) atoms. The van der Waals surface area contributed by atoms with Crippen LogP contribution in [0.2, 0.25) is 0 Å². The first kappa shape index (κ1) is 27.5. The molecule has 2 aromatic rings. The van der Waals surface area contributed by atoms with Crippen LogP contribution in [-0.2, 0) is 24.7 Å². The van der Waals surface area contributed by atoms with E-state index in [0.717, 1.165) is 55.4 Å². The molecule has 1 aliphatic carbocycles. The molecule has 0 unspecified atom stereocenters. The highest BCUT2D eigenvalue weighted by molar-refractivity contribution is 8.00. The second-order valence-corrected chi connectivity index (χ2v) is 12.2. The molecule has 1 N–H and O–H groups in total. The van der Waals surface area contributed by atoms with Gasteiger partial charge in [0.25, 0.3) is 0 Å². The molecule has 1 amide bonds. The normalized spacial score (nSPS) is 17.3. The molecule has 1 aliphatic heterocycles. The predicted octanol–water partition coefficient (Wildman–Crippen LogP) is 6.55. The van der Waals surface area contributed by atoms with Crippen LogP contribution < -0.4 is 5.32 Å². The average molecular weight is 532 g/mol. The van der Waals surface area contributed by atoms with Crippen molar-refractivity contribution in [3.63, 3.8) is 0 Å². The number of carbonyl (C=O) groups is 1. The minimum absolute atomic E-state index is 0.0300. The SMILES string of the molecule is CCOP(Cc1cnc(NC(=O)[C@H](CCC2CCOCC2)c2ccc(SC3CC3)cc2)cn1)OCC. The molecule has 1 atom stereocenters. The fourth-order valence-corrected chi connectivity index (χ4v) is 6.62. The fourth-order valence-electron chi connectivity index (χ4n) is 4.31. The number of aromatic nitrogens is 2. The third-order valence-corrected chi connectivity index (χ3v) is 9.45. The van der Waals surface area contributed by atoms with Crippen LogP contribution in [0.25, 0.3) is 0 Å². The van der Waals surface area contributed by atoms with Crippen LogP contribution in [0, 0.1) is 5.92 Å². The number of hydrogen-bond acceptors (Lipinski definition) is 7. The lowest BCUT2D eigenvalue weighted by molar-refractivity contribution is -0.117. The van der Waals surface area contributed by atoms with Gasteiger partial charge in [-0.2, -0.15) is 0 Å². The lowest BCUT2D eigenvalue weighted by Gasteiger charge is -2.24. The van der Waals surface area contributed by atoms with Gasteiger partial charge in [0, 0.05) is 23.4 Å². The largest absolute Gasteiger partial charge is 0.381 e. The Labute approximate surface area is 220 Å². The first-order chi connectivity index (χ1) is 17.6. The number of carbonyl (C=O) groups excluding carboxylic acids is 1. The summed E-state index contributed by atoms with van der Waals surface area (Å²) in [6.45, 7) is 6.76. The Morgan fingerprint density at radius 2 is 1.81 bits per heavy atom. The molecule has 0 spiro atoms. The van der Waals surface area contributed by atoms with Gasteiger partial charge >= 0.3 is 0 Å². The van der Waals surface area contributed by atoms with E-state index in [4.69, 9.17) is 13.8 Å². The van der Waals surface area contributed by atoms with Gasteiger partial charge in [0.1, 0.15) is 0 Å². The zero-order chi connectivity index (χ0) is 25.2. The third kappa shape index (κ3) is 8.77. The first-order valence-electron chi connectivity index (χ1n) is 13.1. The van der Waals surface area contributed by atoms with Crippen LogP contribution in [0.5, 0.6) is 0 Å². The molecule has 1 saturated heterocycles. The summed E-state index contributed by atoms with van der Waals surface area (Å²) in [7, 11) is -1.02. The van der Waals surface area contributed by atoms with Crippen LogP contribution >= 0.6 is 20.1 Å². The molecular formula is C27H38N3O4PS. The summed E-state index contributed by atoms with van der Waals surface area (Å²) in [4.78, 5) is 23.7. The van der Waals surface area contributed by atoms with E-state index >= 15 is 0 Å². The maximum Gasteiger partial charge on any atom is 0.233 e. The van der Waals surface area contributed by atoms with Gasteiger partial charge in [-0.25, -0.2) is 4.98 Å². The second kappa shape index (κ2) is 14.4. The summed E-state index contributed by atoms with van der Waals surface area (Å²) in [6, 6.07) is 8.57. The maximum absolute atomic E-state index is 13.4. The zero-order valence-corrected chi connectivity index (χ0v) is 23.1.